The lowest BCUT2D eigenvalue weighted by Gasteiger charge is -2.28. The van der Waals surface area contributed by atoms with Gasteiger partial charge in [-0.15, -0.1) is 0 Å². The maximum absolute atomic E-state index is 11.7. The summed E-state index contributed by atoms with van der Waals surface area (Å²) in [5.74, 6) is 0.0227. The van der Waals surface area contributed by atoms with Crippen LogP contribution in [0.15, 0.2) is 0 Å². The molecule has 0 spiro atoms. The molecule has 3 N–H and O–H groups in total. The molecule has 0 aromatic carbocycles. The van der Waals surface area contributed by atoms with Crippen LogP contribution in [0.1, 0.15) is 58.3 Å². The number of carbonyl (C=O) groups is 2. The molecule has 19 heavy (non-hydrogen) atoms. The van der Waals surface area contributed by atoms with Gasteiger partial charge in [0, 0.05) is 19.9 Å². The summed E-state index contributed by atoms with van der Waals surface area (Å²) in [5.41, 5.74) is 0. The molecular weight excluding hydrogens is 244 g/mol. The predicted octanol–water partition coefficient (Wildman–Crippen LogP) is 1.10. The van der Waals surface area contributed by atoms with E-state index in [1.165, 1.54) is 6.92 Å². The van der Waals surface area contributed by atoms with E-state index < -0.39 is 0 Å². The summed E-state index contributed by atoms with van der Waals surface area (Å²) in [5, 5.41) is 15.4. The van der Waals surface area contributed by atoms with E-state index in [0.29, 0.717) is 13.0 Å². The molecule has 1 saturated carbocycles. The average Bonchev–Trinajstić information content (AvgIpc) is 2.36. The standard InChI is InChI=1S/C14H26N2O3/c1-11(17)15-10-6-2-3-9-14(19)16-12-7-4-5-8-13(12)18/h12-13,18H,2-10H2,1H3,(H,15,17)(H,16,19)/t12-,13-/m1/s1. The van der Waals surface area contributed by atoms with Gasteiger partial charge in [0.1, 0.15) is 0 Å². The summed E-state index contributed by atoms with van der Waals surface area (Å²) < 4.78 is 0. The molecule has 1 aliphatic rings. The van der Waals surface area contributed by atoms with E-state index in [1.54, 1.807) is 0 Å². The van der Waals surface area contributed by atoms with E-state index in [2.05, 4.69) is 10.6 Å². The number of hydrogen-bond donors (Lipinski definition) is 3. The molecule has 0 aliphatic heterocycles. The third-order valence-corrected chi connectivity index (χ3v) is 3.53. The Morgan fingerprint density at radius 1 is 1.16 bits per heavy atom. The zero-order valence-electron chi connectivity index (χ0n) is 11.8. The normalized spacial score (nSPS) is 22.8. The Morgan fingerprint density at radius 2 is 1.89 bits per heavy atom. The number of aliphatic hydroxyl groups excluding tert-OH is 1. The van der Waals surface area contributed by atoms with Gasteiger partial charge in [0.2, 0.25) is 11.8 Å². The van der Waals surface area contributed by atoms with Gasteiger partial charge in [-0.3, -0.25) is 9.59 Å². The van der Waals surface area contributed by atoms with Gasteiger partial charge in [0.25, 0.3) is 0 Å². The highest BCUT2D eigenvalue weighted by molar-refractivity contribution is 5.76. The lowest BCUT2D eigenvalue weighted by molar-refractivity contribution is -0.123. The molecule has 0 radical (unpaired) electrons. The zero-order valence-corrected chi connectivity index (χ0v) is 11.8. The van der Waals surface area contributed by atoms with Gasteiger partial charge in [-0.2, -0.15) is 0 Å². The average molecular weight is 270 g/mol. The van der Waals surface area contributed by atoms with Gasteiger partial charge >= 0.3 is 0 Å². The monoisotopic (exact) mass is 270 g/mol. The van der Waals surface area contributed by atoms with Crippen molar-refractivity contribution < 1.29 is 14.7 Å². The highest BCUT2D eigenvalue weighted by Gasteiger charge is 2.23. The third-order valence-electron chi connectivity index (χ3n) is 3.53. The number of rotatable bonds is 7. The molecule has 0 aromatic rings. The number of hydrogen-bond acceptors (Lipinski definition) is 3. The van der Waals surface area contributed by atoms with Gasteiger partial charge in [-0.05, 0) is 25.7 Å². The minimum Gasteiger partial charge on any atom is -0.391 e. The van der Waals surface area contributed by atoms with E-state index in [-0.39, 0.29) is 24.0 Å². The number of carbonyl (C=O) groups excluding carboxylic acids is 2. The van der Waals surface area contributed by atoms with Gasteiger partial charge in [-0.25, -0.2) is 0 Å². The second-order valence-corrected chi connectivity index (χ2v) is 5.32. The van der Waals surface area contributed by atoms with Crippen molar-refractivity contribution in [3.63, 3.8) is 0 Å². The van der Waals surface area contributed by atoms with Gasteiger partial charge in [-0.1, -0.05) is 19.3 Å². The Kier molecular flexibility index (Phi) is 7.48. The van der Waals surface area contributed by atoms with E-state index >= 15 is 0 Å². The minimum absolute atomic E-state index is 0.0102. The van der Waals surface area contributed by atoms with Gasteiger partial charge in [0.15, 0.2) is 0 Å². The van der Waals surface area contributed by atoms with Crippen LogP contribution in [0, 0.1) is 0 Å². The van der Waals surface area contributed by atoms with Crippen molar-refractivity contribution in [2.75, 3.05) is 6.54 Å². The van der Waals surface area contributed by atoms with E-state index in [0.717, 1.165) is 44.9 Å². The van der Waals surface area contributed by atoms with Crippen LogP contribution in [0.2, 0.25) is 0 Å². The van der Waals surface area contributed by atoms with Crippen molar-refractivity contribution in [2.24, 2.45) is 0 Å². The molecule has 1 fully saturated rings. The number of amides is 2. The second-order valence-electron chi connectivity index (χ2n) is 5.32. The molecule has 2 amide bonds. The quantitative estimate of drug-likeness (QED) is 0.606. The van der Waals surface area contributed by atoms with Crippen LogP contribution in [-0.2, 0) is 9.59 Å². The van der Waals surface area contributed by atoms with Crippen molar-refractivity contribution in [3.8, 4) is 0 Å². The fourth-order valence-electron chi connectivity index (χ4n) is 2.41. The number of nitrogens with one attached hydrogen (secondary N) is 2. The van der Waals surface area contributed by atoms with Crippen LogP contribution < -0.4 is 10.6 Å². The summed E-state index contributed by atoms with van der Waals surface area (Å²) in [6.07, 6.45) is 6.60. The Hall–Kier alpha value is -1.10. The predicted molar refractivity (Wildman–Crippen MR) is 73.6 cm³/mol. The molecule has 0 unspecified atom stereocenters. The molecule has 5 heteroatoms. The Bertz CT molecular complexity index is 294. The molecule has 0 saturated heterocycles. The Labute approximate surface area is 115 Å². The van der Waals surface area contributed by atoms with Crippen molar-refractivity contribution >= 4 is 11.8 Å². The molecule has 5 nitrogen and oxygen atoms in total. The highest BCUT2D eigenvalue weighted by atomic mass is 16.3. The topological polar surface area (TPSA) is 78.4 Å². The highest BCUT2D eigenvalue weighted by Crippen LogP contribution is 2.18. The largest absolute Gasteiger partial charge is 0.391 e. The van der Waals surface area contributed by atoms with Crippen molar-refractivity contribution in [1.29, 1.82) is 0 Å². The smallest absolute Gasteiger partial charge is 0.220 e. The molecular formula is C14H26N2O3. The summed E-state index contributed by atoms with van der Waals surface area (Å²) in [6.45, 7) is 2.18. The van der Waals surface area contributed by atoms with Crippen LogP contribution in [0.25, 0.3) is 0 Å². The van der Waals surface area contributed by atoms with Gasteiger partial charge < -0.3 is 15.7 Å². The maximum atomic E-state index is 11.7. The first-order valence-electron chi connectivity index (χ1n) is 7.31. The molecule has 1 aliphatic carbocycles. The second kappa shape index (κ2) is 8.91. The van der Waals surface area contributed by atoms with E-state index in [4.69, 9.17) is 0 Å². The van der Waals surface area contributed by atoms with Crippen LogP contribution in [0.4, 0.5) is 0 Å². The summed E-state index contributed by atoms with van der Waals surface area (Å²) in [4.78, 5) is 22.3. The third kappa shape index (κ3) is 7.15. The lowest BCUT2D eigenvalue weighted by Crippen LogP contribution is -2.44. The van der Waals surface area contributed by atoms with Crippen molar-refractivity contribution in [1.82, 2.24) is 10.6 Å². The van der Waals surface area contributed by atoms with Crippen LogP contribution in [0.5, 0.6) is 0 Å². The fraction of sp³-hybridized carbons (Fsp3) is 0.857. The van der Waals surface area contributed by atoms with E-state index in [1.807, 2.05) is 0 Å². The first-order valence-corrected chi connectivity index (χ1v) is 7.31. The minimum atomic E-state index is -0.377. The molecule has 110 valence electrons. The number of unbranched alkanes of at least 4 members (excludes halogenated alkanes) is 2. The van der Waals surface area contributed by atoms with Crippen LogP contribution in [0.3, 0.4) is 0 Å². The first kappa shape index (κ1) is 16.0. The zero-order chi connectivity index (χ0) is 14.1. The first-order chi connectivity index (χ1) is 9.09. The number of aliphatic hydroxyl groups is 1. The fourth-order valence-corrected chi connectivity index (χ4v) is 2.41. The molecule has 0 heterocycles. The molecule has 2 atom stereocenters. The van der Waals surface area contributed by atoms with Crippen molar-refractivity contribution in [2.45, 2.75) is 70.4 Å². The van der Waals surface area contributed by atoms with Gasteiger partial charge in [0.05, 0.1) is 12.1 Å². The summed E-state index contributed by atoms with van der Waals surface area (Å²) in [6, 6.07) is -0.0550. The molecule has 0 bridgehead atoms. The Balaban J connectivity index is 2.02. The maximum Gasteiger partial charge on any atom is 0.220 e. The SMILES string of the molecule is CC(=O)NCCCCCC(=O)N[C@@H]1CCCC[C@H]1O. The van der Waals surface area contributed by atoms with E-state index in [9.17, 15) is 14.7 Å². The molecule has 1 rings (SSSR count). The molecule has 0 aromatic heterocycles. The summed E-state index contributed by atoms with van der Waals surface area (Å²) >= 11 is 0. The Morgan fingerprint density at radius 3 is 2.58 bits per heavy atom. The summed E-state index contributed by atoms with van der Waals surface area (Å²) in [7, 11) is 0. The lowest BCUT2D eigenvalue weighted by atomic mass is 9.92. The van der Waals surface area contributed by atoms with Crippen LogP contribution in [-0.4, -0.2) is 35.6 Å². The van der Waals surface area contributed by atoms with Crippen molar-refractivity contribution in [3.05, 3.63) is 0 Å². The van der Waals surface area contributed by atoms with Crippen LogP contribution >= 0.6 is 0 Å².